The molecule has 5 nitrogen and oxygen atoms in total. The smallest absolute Gasteiger partial charge is 0.129 e. The molecule has 1 unspecified atom stereocenters. The van der Waals surface area contributed by atoms with E-state index >= 15 is 0 Å². The summed E-state index contributed by atoms with van der Waals surface area (Å²) < 4.78 is 8.28. The third kappa shape index (κ3) is 4.03. The predicted molar refractivity (Wildman–Crippen MR) is 129 cm³/mol. The van der Waals surface area contributed by atoms with Crippen molar-refractivity contribution >= 4 is 5.69 Å². The molecule has 0 amide bonds. The van der Waals surface area contributed by atoms with Crippen molar-refractivity contribution in [2.75, 3.05) is 5.01 Å². The monoisotopic (exact) mass is 422 g/mol. The normalized spacial score (nSPS) is 15.3. The molecule has 0 fully saturated rings. The number of para-hydroxylation sites is 1. The lowest BCUT2D eigenvalue weighted by molar-refractivity contribution is 0.482. The van der Waals surface area contributed by atoms with E-state index in [0.717, 1.165) is 28.4 Å². The quantitative estimate of drug-likeness (QED) is 0.417. The summed E-state index contributed by atoms with van der Waals surface area (Å²) in [7, 11) is 0. The van der Waals surface area contributed by atoms with Crippen LogP contribution < -0.4 is 15.2 Å². The average molecular weight is 423 g/mol. The summed E-state index contributed by atoms with van der Waals surface area (Å²) in [5.41, 5.74) is 9.95. The van der Waals surface area contributed by atoms with E-state index in [1.54, 1.807) is 0 Å². The molecule has 1 aliphatic rings. The van der Waals surface area contributed by atoms with Gasteiger partial charge in [-0.05, 0) is 62.2 Å². The number of hydrogen-bond acceptors (Lipinski definition) is 4. The Bertz CT molecular complexity index is 1270. The second-order valence-corrected chi connectivity index (χ2v) is 8.16. The third-order valence-electron chi connectivity index (χ3n) is 5.61. The highest BCUT2D eigenvalue weighted by molar-refractivity contribution is 5.62. The minimum Gasteiger partial charge on any atom is -0.457 e. The van der Waals surface area contributed by atoms with Crippen LogP contribution in [0.15, 0.2) is 91.5 Å². The van der Waals surface area contributed by atoms with Gasteiger partial charge in [0.25, 0.3) is 0 Å². The molecule has 160 valence electrons. The van der Waals surface area contributed by atoms with E-state index in [9.17, 15) is 0 Å². The number of rotatable bonds is 5. The van der Waals surface area contributed by atoms with E-state index in [1.165, 1.54) is 16.8 Å². The lowest BCUT2D eigenvalue weighted by Crippen LogP contribution is -2.33. The summed E-state index contributed by atoms with van der Waals surface area (Å²) in [5.74, 6) is 1.56. The van der Waals surface area contributed by atoms with Gasteiger partial charge in [-0.15, -0.1) is 0 Å². The predicted octanol–water partition coefficient (Wildman–Crippen LogP) is 6.18. The fourth-order valence-corrected chi connectivity index (χ4v) is 4.04. The number of hydrogen-bond donors (Lipinski definition) is 1. The zero-order valence-corrected chi connectivity index (χ0v) is 18.5. The van der Waals surface area contributed by atoms with Crippen LogP contribution in [0.25, 0.3) is 16.9 Å². The number of imidazole rings is 1. The van der Waals surface area contributed by atoms with Gasteiger partial charge in [0, 0.05) is 30.1 Å². The molecule has 1 aliphatic heterocycles. The van der Waals surface area contributed by atoms with Crippen LogP contribution in [0.1, 0.15) is 18.1 Å². The summed E-state index contributed by atoms with van der Waals surface area (Å²) in [5, 5.41) is 2.01. The van der Waals surface area contributed by atoms with Gasteiger partial charge in [0.2, 0.25) is 0 Å². The maximum Gasteiger partial charge on any atom is 0.129 e. The molecule has 0 bridgehead atoms. The van der Waals surface area contributed by atoms with E-state index in [1.807, 2.05) is 53.9 Å². The maximum atomic E-state index is 6.18. The van der Waals surface area contributed by atoms with Gasteiger partial charge in [0.1, 0.15) is 11.5 Å². The fraction of sp³-hybridized carbons (Fsp3) is 0.148. The van der Waals surface area contributed by atoms with Gasteiger partial charge in [0.05, 0.1) is 23.4 Å². The highest BCUT2D eigenvalue weighted by atomic mass is 16.5. The van der Waals surface area contributed by atoms with E-state index in [2.05, 4.69) is 78.4 Å². The summed E-state index contributed by atoms with van der Waals surface area (Å²) in [6.07, 6.45) is 8.10. The van der Waals surface area contributed by atoms with Crippen LogP contribution in [-0.2, 0) is 0 Å². The van der Waals surface area contributed by atoms with Gasteiger partial charge >= 0.3 is 0 Å². The van der Waals surface area contributed by atoms with E-state index < -0.39 is 0 Å². The van der Waals surface area contributed by atoms with Gasteiger partial charge in [-0.3, -0.25) is 5.01 Å². The molecule has 0 aliphatic carbocycles. The number of hydrazine groups is 1. The first kappa shape index (κ1) is 20.1. The second kappa shape index (κ2) is 8.36. The van der Waals surface area contributed by atoms with Gasteiger partial charge in [-0.25, -0.2) is 10.4 Å². The Morgan fingerprint density at radius 3 is 2.38 bits per heavy atom. The summed E-state index contributed by atoms with van der Waals surface area (Å²) in [6, 6.07) is 22.7. The van der Waals surface area contributed by atoms with Crippen molar-refractivity contribution in [3.05, 3.63) is 103 Å². The molecule has 1 atom stereocenters. The molecule has 5 rings (SSSR count). The van der Waals surface area contributed by atoms with Crippen molar-refractivity contribution in [2.45, 2.75) is 26.8 Å². The number of nitrogens with zero attached hydrogens (tertiary/aromatic N) is 3. The van der Waals surface area contributed by atoms with Crippen LogP contribution in [0.3, 0.4) is 0 Å². The topological polar surface area (TPSA) is 42.3 Å². The molecule has 32 heavy (non-hydrogen) atoms. The summed E-state index contributed by atoms with van der Waals surface area (Å²) in [6.45, 7) is 6.36. The number of aryl methyl sites for hydroxylation is 2. The van der Waals surface area contributed by atoms with Crippen molar-refractivity contribution in [1.82, 2.24) is 15.0 Å². The van der Waals surface area contributed by atoms with Gasteiger partial charge < -0.3 is 9.30 Å². The minimum atomic E-state index is 0.319. The minimum absolute atomic E-state index is 0.319. The van der Waals surface area contributed by atoms with Gasteiger partial charge in [-0.1, -0.05) is 36.4 Å². The van der Waals surface area contributed by atoms with Crippen molar-refractivity contribution in [3.63, 3.8) is 0 Å². The zero-order chi connectivity index (χ0) is 22.1. The molecule has 5 heteroatoms. The van der Waals surface area contributed by atoms with Crippen LogP contribution in [0.2, 0.25) is 0 Å². The first-order valence-electron chi connectivity index (χ1n) is 10.8. The molecule has 3 aromatic carbocycles. The highest BCUT2D eigenvalue weighted by Crippen LogP contribution is 2.30. The van der Waals surface area contributed by atoms with E-state index in [-0.39, 0.29) is 0 Å². The Balaban J connectivity index is 1.38. The molecule has 0 radical (unpaired) electrons. The molecular weight excluding hydrogens is 396 g/mol. The largest absolute Gasteiger partial charge is 0.457 e. The van der Waals surface area contributed by atoms with Crippen LogP contribution in [0.5, 0.6) is 11.5 Å². The molecule has 1 aromatic heterocycles. The molecular formula is C27H26N4O. The van der Waals surface area contributed by atoms with Crippen molar-refractivity contribution in [1.29, 1.82) is 0 Å². The van der Waals surface area contributed by atoms with Crippen molar-refractivity contribution in [3.8, 4) is 28.4 Å². The Morgan fingerprint density at radius 2 is 1.62 bits per heavy atom. The molecule has 0 saturated carbocycles. The van der Waals surface area contributed by atoms with Crippen LogP contribution in [0, 0.1) is 13.8 Å². The SMILES string of the molecule is Cc1cccc(C)c1-n1cnc(-c2cccc(Oc3cccc(N4C=CC(C)N4)c3)c2)c1. The first-order chi connectivity index (χ1) is 15.6. The van der Waals surface area contributed by atoms with E-state index in [0.29, 0.717) is 6.04 Å². The van der Waals surface area contributed by atoms with Crippen LogP contribution in [0.4, 0.5) is 5.69 Å². The van der Waals surface area contributed by atoms with Crippen LogP contribution >= 0.6 is 0 Å². The molecule has 1 N–H and O–H groups in total. The zero-order valence-electron chi connectivity index (χ0n) is 18.5. The summed E-state index contributed by atoms with van der Waals surface area (Å²) in [4.78, 5) is 4.65. The van der Waals surface area contributed by atoms with Crippen LogP contribution in [-0.4, -0.2) is 15.6 Å². The Kier molecular flexibility index (Phi) is 5.25. The number of ether oxygens (including phenoxy) is 1. The third-order valence-corrected chi connectivity index (χ3v) is 5.61. The number of anilines is 1. The maximum absolute atomic E-state index is 6.18. The lowest BCUT2D eigenvalue weighted by atomic mass is 10.1. The Hall–Kier alpha value is -3.83. The number of nitrogens with one attached hydrogen (secondary N) is 1. The average Bonchev–Trinajstić information content (AvgIpc) is 3.44. The highest BCUT2D eigenvalue weighted by Gasteiger charge is 2.13. The standard InChI is InChI=1S/C27H26N4O/c1-19-7-4-8-20(2)27(19)30-17-26(28-18-30)22-9-5-11-24(15-22)32-25-12-6-10-23(16-25)31-14-13-21(3)29-31/h4-18,21,29H,1-3H3. The molecule has 0 spiro atoms. The molecule has 2 heterocycles. The van der Waals surface area contributed by atoms with Gasteiger partial charge in [0.15, 0.2) is 0 Å². The molecule has 0 saturated heterocycles. The fourth-order valence-electron chi connectivity index (χ4n) is 4.04. The Morgan fingerprint density at radius 1 is 0.906 bits per heavy atom. The van der Waals surface area contributed by atoms with Gasteiger partial charge in [-0.2, -0.15) is 0 Å². The van der Waals surface area contributed by atoms with E-state index in [4.69, 9.17) is 4.74 Å². The number of aromatic nitrogens is 2. The lowest BCUT2D eigenvalue weighted by Gasteiger charge is -2.19. The second-order valence-electron chi connectivity index (χ2n) is 8.16. The first-order valence-corrected chi connectivity index (χ1v) is 10.8. The van der Waals surface area contributed by atoms with Crippen molar-refractivity contribution < 1.29 is 4.74 Å². The number of benzene rings is 3. The summed E-state index contributed by atoms with van der Waals surface area (Å²) >= 11 is 0. The van der Waals surface area contributed by atoms with Crippen molar-refractivity contribution in [2.24, 2.45) is 0 Å². The molecule has 4 aromatic rings. The Labute approximate surface area is 188 Å².